The van der Waals surface area contributed by atoms with Gasteiger partial charge in [-0.05, 0) is 92.3 Å². The highest BCUT2D eigenvalue weighted by atomic mass is 14.7. The summed E-state index contributed by atoms with van der Waals surface area (Å²) in [5.74, 6) is 0. The zero-order valence-corrected chi connectivity index (χ0v) is 25.6. The predicted molar refractivity (Wildman–Crippen MR) is 197 cm³/mol. The number of hydrogen-bond acceptors (Lipinski definition) is 5. The minimum absolute atomic E-state index is 0.173. The number of rotatable bonds is 4. The molecule has 47 heavy (non-hydrogen) atoms. The van der Waals surface area contributed by atoms with E-state index in [0.29, 0.717) is 22.5 Å². The number of nitrogen functional groups attached to an aromatic ring is 1. The highest BCUT2D eigenvalue weighted by Gasteiger charge is 2.22. The Bertz CT molecular complexity index is 2180. The number of benzene rings is 5. The van der Waals surface area contributed by atoms with Crippen molar-refractivity contribution in [3.8, 4) is 22.3 Å². The minimum atomic E-state index is 0.173. The third-order valence-corrected chi connectivity index (χ3v) is 8.28. The Labute approximate surface area is 273 Å². The SMILES string of the molecule is N=C1C(=N)C(c2ccccn2)=CC=C1c1ccccn1.Nc1ccc(-c2c3ccccc3c(-c3ccccc3)c3ccccc23)cc1. The van der Waals surface area contributed by atoms with Crippen molar-refractivity contribution in [3.63, 3.8) is 0 Å². The fourth-order valence-electron chi connectivity index (χ4n) is 6.08. The summed E-state index contributed by atoms with van der Waals surface area (Å²) in [4.78, 5) is 8.47. The van der Waals surface area contributed by atoms with Gasteiger partial charge in [0.1, 0.15) is 0 Å². The number of aromatic nitrogens is 2. The number of hydrogen-bond donors (Lipinski definition) is 3. The zero-order valence-electron chi connectivity index (χ0n) is 25.6. The van der Waals surface area contributed by atoms with E-state index in [9.17, 15) is 0 Å². The minimum Gasteiger partial charge on any atom is -0.399 e. The molecule has 0 fully saturated rings. The summed E-state index contributed by atoms with van der Waals surface area (Å²) in [6.45, 7) is 0. The van der Waals surface area contributed by atoms with Crippen LogP contribution in [0.2, 0.25) is 0 Å². The number of nitrogens with two attached hydrogens (primary N) is 1. The Morgan fingerprint density at radius 2 is 0.787 bits per heavy atom. The van der Waals surface area contributed by atoms with Crippen molar-refractivity contribution in [2.45, 2.75) is 0 Å². The Morgan fingerprint density at radius 1 is 0.404 bits per heavy atom. The van der Waals surface area contributed by atoms with Crippen LogP contribution in [-0.4, -0.2) is 21.4 Å². The van der Waals surface area contributed by atoms with Crippen LogP contribution in [0.25, 0.3) is 54.9 Å². The molecule has 0 spiro atoms. The van der Waals surface area contributed by atoms with E-state index in [0.717, 1.165) is 5.69 Å². The molecule has 7 aromatic rings. The fraction of sp³-hybridized carbons (Fsp3) is 0. The van der Waals surface area contributed by atoms with Crippen LogP contribution in [0, 0.1) is 10.8 Å². The monoisotopic (exact) mass is 605 g/mol. The molecule has 0 atom stereocenters. The molecule has 5 nitrogen and oxygen atoms in total. The van der Waals surface area contributed by atoms with Crippen LogP contribution in [0.4, 0.5) is 5.69 Å². The molecule has 0 saturated carbocycles. The molecule has 1 aliphatic carbocycles. The number of nitrogens with zero attached hydrogens (tertiary/aromatic N) is 2. The van der Waals surface area contributed by atoms with Crippen molar-refractivity contribution in [3.05, 3.63) is 175 Å². The van der Waals surface area contributed by atoms with Gasteiger partial charge in [-0.15, -0.1) is 0 Å². The topological polar surface area (TPSA) is 99.5 Å². The van der Waals surface area contributed by atoms with Crippen molar-refractivity contribution >= 4 is 49.8 Å². The smallest absolute Gasteiger partial charge is 0.0890 e. The lowest BCUT2D eigenvalue weighted by Crippen LogP contribution is -2.19. The van der Waals surface area contributed by atoms with E-state index in [1.165, 1.54) is 43.8 Å². The summed E-state index contributed by atoms with van der Waals surface area (Å²) >= 11 is 0. The maximum Gasteiger partial charge on any atom is 0.0890 e. The second-order valence-corrected chi connectivity index (χ2v) is 11.2. The van der Waals surface area contributed by atoms with Gasteiger partial charge in [-0.1, -0.05) is 103 Å². The third kappa shape index (κ3) is 5.74. The van der Waals surface area contributed by atoms with E-state index in [1.807, 2.05) is 60.7 Å². The zero-order chi connectivity index (χ0) is 32.2. The fourth-order valence-corrected chi connectivity index (χ4v) is 6.08. The number of anilines is 1. The summed E-state index contributed by atoms with van der Waals surface area (Å²) in [6, 6.07) is 47.3. The van der Waals surface area contributed by atoms with Crippen LogP contribution in [-0.2, 0) is 0 Å². The van der Waals surface area contributed by atoms with E-state index in [2.05, 4.69) is 101 Å². The first-order valence-corrected chi connectivity index (χ1v) is 15.4. The van der Waals surface area contributed by atoms with Gasteiger partial charge < -0.3 is 5.73 Å². The van der Waals surface area contributed by atoms with Gasteiger partial charge in [0.2, 0.25) is 0 Å². The molecule has 0 radical (unpaired) electrons. The normalized spacial score (nSPS) is 12.7. The predicted octanol–water partition coefficient (Wildman–Crippen LogP) is 9.91. The van der Waals surface area contributed by atoms with Gasteiger partial charge in [0.25, 0.3) is 0 Å². The van der Waals surface area contributed by atoms with Crippen molar-refractivity contribution < 1.29 is 0 Å². The first-order chi connectivity index (χ1) is 23.1. The Morgan fingerprint density at radius 3 is 1.19 bits per heavy atom. The van der Waals surface area contributed by atoms with Crippen LogP contribution < -0.4 is 5.73 Å². The highest BCUT2D eigenvalue weighted by Crippen LogP contribution is 2.43. The second-order valence-electron chi connectivity index (χ2n) is 11.2. The van der Waals surface area contributed by atoms with E-state index < -0.39 is 0 Å². The van der Waals surface area contributed by atoms with E-state index in [1.54, 1.807) is 12.4 Å². The van der Waals surface area contributed by atoms with Gasteiger partial charge in [-0.25, -0.2) is 0 Å². The molecule has 2 aromatic heterocycles. The lowest BCUT2D eigenvalue weighted by atomic mass is 9.86. The Hall–Kier alpha value is -6.46. The van der Waals surface area contributed by atoms with Crippen molar-refractivity contribution in [2.75, 3.05) is 5.73 Å². The number of nitrogens with one attached hydrogen (secondary N) is 2. The van der Waals surface area contributed by atoms with Gasteiger partial charge in [-0.2, -0.15) is 0 Å². The molecule has 0 unspecified atom stereocenters. The maximum absolute atomic E-state index is 8.17. The third-order valence-electron chi connectivity index (χ3n) is 8.28. The molecule has 0 aliphatic heterocycles. The lowest BCUT2D eigenvalue weighted by Gasteiger charge is -2.17. The molecular weight excluding hydrogens is 574 g/mol. The van der Waals surface area contributed by atoms with Crippen molar-refractivity contribution in [1.29, 1.82) is 10.8 Å². The maximum atomic E-state index is 8.17. The van der Waals surface area contributed by atoms with Crippen molar-refractivity contribution in [2.24, 2.45) is 0 Å². The summed E-state index contributed by atoms with van der Waals surface area (Å²) in [5.41, 5.74) is 14.8. The van der Waals surface area contributed by atoms with Crippen molar-refractivity contribution in [1.82, 2.24) is 9.97 Å². The first kappa shape index (κ1) is 29.3. The van der Waals surface area contributed by atoms with Gasteiger partial charge in [-0.3, -0.25) is 20.8 Å². The molecule has 0 saturated heterocycles. The molecule has 4 N–H and O–H groups in total. The quantitative estimate of drug-likeness (QED) is 0.106. The lowest BCUT2D eigenvalue weighted by molar-refractivity contribution is 1.27. The first-order valence-electron chi connectivity index (χ1n) is 15.4. The van der Waals surface area contributed by atoms with Gasteiger partial charge >= 0.3 is 0 Å². The van der Waals surface area contributed by atoms with Crippen LogP contribution in [0.15, 0.2) is 164 Å². The van der Waals surface area contributed by atoms with Crippen LogP contribution in [0.3, 0.4) is 0 Å². The molecule has 1 aliphatic rings. The van der Waals surface area contributed by atoms with Crippen LogP contribution in [0.1, 0.15) is 11.4 Å². The van der Waals surface area contributed by atoms with E-state index in [4.69, 9.17) is 16.6 Å². The molecular formula is C42H31N5. The summed E-state index contributed by atoms with van der Waals surface area (Å²) in [5, 5.41) is 21.4. The number of pyridine rings is 2. The molecule has 5 aromatic carbocycles. The average Bonchev–Trinajstić information content (AvgIpc) is 3.13. The van der Waals surface area contributed by atoms with Gasteiger partial charge in [0.05, 0.1) is 22.8 Å². The van der Waals surface area contributed by atoms with Crippen LogP contribution >= 0.6 is 0 Å². The summed E-state index contributed by atoms with van der Waals surface area (Å²) < 4.78 is 0. The second kappa shape index (κ2) is 12.9. The molecule has 0 amide bonds. The number of fused-ring (bicyclic) bond motifs is 2. The molecule has 8 rings (SSSR count). The highest BCUT2D eigenvalue weighted by molar-refractivity contribution is 6.68. The summed E-state index contributed by atoms with van der Waals surface area (Å²) in [6.07, 6.45) is 7.02. The largest absolute Gasteiger partial charge is 0.399 e. The van der Waals surface area contributed by atoms with Crippen LogP contribution in [0.5, 0.6) is 0 Å². The Balaban J connectivity index is 0.000000157. The molecule has 0 bridgehead atoms. The van der Waals surface area contributed by atoms with E-state index >= 15 is 0 Å². The molecule has 5 heteroatoms. The average molecular weight is 606 g/mol. The summed E-state index contributed by atoms with van der Waals surface area (Å²) in [7, 11) is 0. The van der Waals surface area contributed by atoms with Gasteiger partial charge in [0, 0.05) is 29.2 Å². The molecule has 224 valence electrons. The Kier molecular flexibility index (Phi) is 8.02. The number of allylic oxidation sites excluding steroid dienone is 4. The standard InChI is InChI=1S/C26H19N.C16H12N4/c27-20-16-14-19(15-17-20)26-23-12-6-4-10-21(23)25(18-8-2-1-3-9-18)22-11-5-7-13-24(22)26;17-15-11(13-5-1-3-9-19-13)7-8-12(16(15)18)14-6-2-4-10-20-14/h1-17H,27H2;1-10,17-18H. The van der Waals surface area contributed by atoms with E-state index in [-0.39, 0.29) is 11.4 Å². The van der Waals surface area contributed by atoms with Gasteiger partial charge in [0.15, 0.2) is 0 Å². The molecule has 2 heterocycles.